The van der Waals surface area contributed by atoms with Gasteiger partial charge in [-0.3, -0.25) is 4.99 Å². The maximum absolute atomic E-state index is 4.46. The van der Waals surface area contributed by atoms with Gasteiger partial charge >= 0.3 is 0 Å². The van der Waals surface area contributed by atoms with Crippen molar-refractivity contribution in [2.24, 2.45) is 4.99 Å². The van der Waals surface area contributed by atoms with E-state index in [-0.39, 0.29) is 0 Å². The molecule has 2 rings (SSSR count). The first-order valence-corrected chi connectivity index (χ1v) is 4.38. The van der Waals surface area contributed by atoms with Crippen LogP contribution in [-0.2, 0) is 0 Å². The van der Waals surface area contributed by atoms with Crippen LogP contribution in [0, 0.1) is 6.92 Å². The van der Waals surface area contributed by atoms with Gasteiger partial charge in [-0.1, -0.05) is 0 Å². The molecular formula is C10H14N2. The van der Waals surface area contributed by atoms with Crippen molar-refractivity contribution in [3.8, 4) is 0 Å². The van der Waals surface area contributed by atoms with Crippen molar-refractivity contribution in [1.82, 2.24) is 4.57 Å². The molecule has 0 saturated carbocycles. The molecule has 0 fully saturated rings. The van der Waals surface area contributed by atoms with Crippen LogP contribution in [0.5, 0.6) is 0 Å². The number of rotatable bonds is 0. The second-order valence-electron chi connectivity index (χ2n) is 3.59. The van der Waals surface area contributed by atoms with E-state index in [0.29, 0.717) is 6.04 Å². The molecule has 64 valence electrons. The number of fused-ring (bicyclic) bond motifs is 1. The van der Waals surface area contributed by atoms with Crippen molar-refractivity contribution in [3.05, 3.63) is 23.5 Å². The predicted molar refractivity (Wildman–Crippen MR) is 51.0 cm³/mol. The number of aryl methyl sites for hydroxylation is 1. The van der Waals surface area contributed by atoms with Crippen LogP contribution in [-0.4, -0.2) is 16.8 Å². The maximum atomic E-state index is 4.46. The quantitative estimate of drug-likeness (QED) is 0.556. The van der Waals surface area contributed by atoms with E-state index in [2.05, 4.69) is 42.6 Å². The average Bonchev–Trinajstić information content (AvgIpc) is 2.41. The Hall–Kier alpha value is -1.05. The topological polar surface area (TPSA) is 17.3 Å². The Morgan fingerprint density at radius 3 is 2.92 bits per heavy atom. The lowest BCUT2D eigenvalue weighted by Gasteiger charge is -2.20. The van der Waals surface area contributed by atoms with Crippen LogP contribution in [0.25, 0.3) is 0 Å². The fourth-order valence-corrected chi connectivity index (χ4v) is 1.71. The molecule has 2 nitrogen and oxygen atoms in total. The summed E-state index contributed by atoms with van der Waals surface area (Å²) < 4.78 is 2.32. The lowest BCUT2D eigenvalue weighted by molar-refractivity contribution is 0.545. The zero-order valence-electron chi connectivity index (χ0n) is 7.83. The molecular weight excluding hydrogens is 148 g/mol. The van der Waals surface area contributed by atoms with E-state index < -0.39 is 0 Å². The standard InChI is InChI=1S/C10H14N2/c1-7-4-10-9(3)11-5-8(2)12(10)6-7/h4,6,8H,5H2,1-3H3. The van der Waals surface area contributed by atoms with Gasteiger partial charge in [0.05, 0.1) is 24.0 Å². The third kappa shape index (κ3) is 0.986. The van der Waals surface area contributed by atoms with Gasteiger partial charge in [0.2, 0.25) is 0 Å². The summed E-state index contributed by atoms with van der Waals surface area (Å²) >= 11 is 0. The first-order chi connectivity index (χ1) is 5.68. The molecule has 0 saturated heterocycles. The summed E-state index contributed by atoms with van der Waals surface area (Å²) in [5, 5.41) is 0. The Balaban J connectivity index is 2.57. The Morgan fingerprint density at radius 1 is 1.50 bits per heavy atom. The molecule has 0 radical (unpaired) electrons. The van der Waals surface area contributed by atoms with Gasteiger partial charge in [-0.15, -0.1) is 0 Å². The van der Waals surface area contributed by atoms with Crippen LogP contribution in [0.15, 0.2) is 17.3 Å². The van der Waals surface area contributed by atoms with E-state index in [4.69, 9.17) is 0 Å². The number of aromatic nitrogens is 1. The van der Waals surface area contributed by atoms with E-state index in [0.717, 1.165) is 6.54 Å². The molecule has 0 amide bonds. The summed E-state index contributed by atoms with van der Waals surface area (Å²) in [6.07, 6.45) is 2.21. The summed E-state index contributed by atoms with van der Waals surface area (Å²) in [7, 11) is 0. The summed E-state index contributed by atoms with van der Waals surface area (Å²) in [6, 6.07) is 2.73. The highest BCUT2D eigenvalue weighted by molar-refractivity contribution is 5.98. The van der Waals surface area contributed by atoms with Gasteiger partial charge < -0.3 is 4.57 Å². The average molecular weight is 162 g/mol. The van der Waals surface area contributed by atoms with Crippen LogP contribution in [0.2, 0.25) is 0 Å². The number of hydrogen-bond donors (Lipinski definition) is 0. The van der Waals surface area contributed by atoms with Crippen molar-refractivity contribution in [2.45, 2.75) is 26.8 Å². The molecule has 1 aromatic rings. The van der Waals surface area contributed by atoms with Crippen LogP contribution >= 0.6 is 0 Å². The molecule has 1 unspecified atom stereocenters. The highest BCUT2D eigenvalue weighted by Gasteiger charge is 2.15. The second-order valence-corrected chi connectivity index (χ2v) is 3.59. The first-order valence-electron chi connectivity index (χ1n) is 4.38. The third-order valence-electron chi connectivity index (χ3n) is 2.42. The van der Waals surface area contributed by atoms with E-state index >= 15 is 0 Å². The Kier molecular flexibility index (Phi) is 1.56. The summed E-state index contributed by atoms with van der Waals surface area (Å²) in [5.41, 5.74) is 3.78. The molecule has 0 aromatic carbocycles. The van der Waals surface area contributed by atoms with E-state index in [1.54, 1.807) is 0 Å². The lowest BCUT2D eigenvalue weighted by atomic mass is 10.2. The summed E-state index contributed by atoms with van der Waals surface area (Å²) in [5.74, 6) is 0. The minimum absolute atomic E-state index is 0.525. The first kappa shape index (κ1) is 7.59. The fourth-order valence-electron chi connectivity index (χ4n) is 1.71. The minimum Gasteiger partial charge on any atom is -0.342 e. The fraction of sp³-hybridized carbons (Fsp3) is 0.500. The third-order valence-corrected chi connectivity index (χ3v) is 2.42. The normalized spacial score (nSPS) is 21.9. The van der Waals surface area contributed by atoms with Crippen molar-refractivity contribution >= 4 is 5.71 Å². The largest absolute Gasteiger partial charge is 0.342 e. The Bertz CT molecular complexity index is 334. The second kappa shape index (κ2) is 2.47. The minimum atomic E-state index is 0.525. The van der Waals surface area contributed by atoms with Crippen molar-refractivity contribution in [2.75, 3.05) is 6.54 Å². The Labute approximate surface area is 72.9 Å². The molecule has 0 aliphatic carbocycles. The molecule has 12 heavy (non-hydrogen) atoms. The molecule has 0 spiro atoms. The molecule has 0 bridgehead atoms. The molecule has 1 aliphatic heterocycles. The van der Waals surface area contributed by atoms with Crippen LogP contribution in [0.1, 0.15) is 31.1 Å². The van der Waals surface area contributed by atoms with Gasteiger partial charge in [-0.05, 0) is 32.4 Å². The monoisotopic (exact) mass is 162 g/mol. The van der Waals surface area contributed by atoms with Crippen LogP contribution < -0.4 is 0 Å². The smallest absolute Gasteiger partial charge is 0.0623 e. The Morgan fingerprint density at radius 2 is 2.25 bits per heavy atom. The highest BCUT2D eigenvalue weighted by Crippen LogP contribution is 2.20. The van der Waals surface area contributed by atoms with Gasteiger partial charge in [0.25, 0.3) is 0 Å². The van der Waals surface area contributed by atoms with Gasteiger partial charge in [-0.25, -0.2) is 0 Å². The maximum Gasteiger partial charge on any atom is 0.0623 e. The van der Waals surface area contributed by atoms with Gasteiger partial charge in [0, 0.05) is 6.20 Å². The van der Waals surface area contributed by atoms with Crippen molar-refractivity contribution in [3.63, 3.8) is 0 Å². The lowest BCUT2D eigenvalue weighted by Crippen LogP contribution is -2.19. The van der Waals surface area contributed by atoms with E-state index in [1.165, 1.54) is 17.0 Å². The van der Waals surface area contributed by atoms with E-state index in [9.17, 15) is 0 Å². The van der Waals surface area contributed by atoms with Crippen molar-refractivity contribution in [1.29, 1.82) is 0 Å². The van der Waals surface area contributed by atoms with Crippen molar-refractivity contribution < 1.29 is 0 Å². The SMILES string of the molecule is CC1=NCC(C)n2cc(C)cc21. The number of hydrogen-bond acceptors (Lipinski definition) is 1. The van der Waals surface area contributed by atoms with Gasteiger partial charge in [0.15, 0.2) is 0 Å². The van der Waals surface area contributed by atoms with Gasteiger partial charge in [0.1, 0.15) is 0 Å². The molecule has 2 heterocycles. The zero-order valence-corrected chi connectivity index (χ0v) is 7.83. The molecule has 1 aliphatic rings. The van der Waals surface area contributed by atoms with Crippen LogP contribution in [0.3, 0.4) is 0 Å². The summed E-state index contributed by atoms with van der Waals surface area (Å²) in [4.78, 5) is 4.46. The summed E-state index contributed by atoms with van der Waals surface area (Å²) in [6.45, 7) is 7.34. The number of aliphatic imine (C=N–C) groups is 1. The molecule has 0 N–H and O–H groups in total. The van der Waals surface area contributed by atoms with E-state index in [1.807, 2.05) is 0 Å². The molecule has 2 heteroatoms. The number of nitrogens with zero attached hydrogens (tertiary/aromatic N) is 2. The molecule has 1 aromatic heterocycles. The zero-order chi connectivity index (χ0) is 8.72. The van der Waals surface area contributed by atoms with Gasteiger partial charge in [-0.2, -0.15) is 0 Å². The molecule has 1 atom stereocenters. The van der Waals surface area contributed by atoms with Crippen LogP contribution in [0.4, 0.5) is 0 Å². The predicted octanol–water partition coefficient (Wildman–Crippen LogP) is 2.18. The highest BCUT2D eigenvalue weighted by atomic mass is 15.1.